The number of methoxy groups -OCH3 is 2. The molecule has 0 bridgehead atoms. The molecule has 16 heteroatoms. The molecule has 0 N–H and O–H groups in total. The van der Waals surface area contributed by atoms with E-state index in [1.807, 2.05) is 0 Å². The van der Waals surface area contributed by atoms with Gasteiger partial charge in [-0.3, -0.25) is 0 Å². The highest BCUT2D eigenvalue weighted by Crippen LogP contribution is 2.37. The van der Waals surface area contributed by atoms with Crippen LogP contribution in [0.2, 0.25) is 0 Å². The summed E-state index contributed by atoms with van der Waals surface area (Å²) in [6, 6.07) is 11.9. The van der Waals surface area contributed by atoms with E-state index in [-0.39, 0.29) is 30.7 Å². The van der Waals surface area contributed by atoms with Crippen molar-refractivity contribution in [3.63, 3.8) is 0 Å². The van der Waals surface area contributed by atoms with Crippen LogP contribution in [0.4, 0.5) is 23.1 Å². The van der Waals surface area contributed by atoms with Crippen molar-refractivity contribution in [3.8, 4) is 17.2 Å². The Balaban J connectivity index is 1.41. The van der Waals surface area contributed by atoms with Gasteiger partial charge in [0.15, 0.2) is 11.6 Å². The van der Waals surface area contributed by atoms with E-state index in [0.29, 0.717) is 42.2 Å². The number of hydrogen-bond acceptors (Lipinski definition) is 10. The quantitative estimate of drug-likeness (QED) is 0.164. The second-order valence-corrected chi connectivity index (χ2v) is 15.2. The Labute approximate surface area is 292 Å². The molecule has 4 aromatic rings. The molecular formula is C34H37F3N4O7S2. The lowest BCUT2D eigenvalue weighted by atomic mass is 9.81. The number of amides is 1. The van der Waals surface area contributed by atoms with Crippen molar-refractivity contribution in [2.75, 3.05) is 38.2 Å². The van der Waals surface area contributed by atoms with E-state index < -0.39 is 55.7 Å². The number of ether oxygens (including phenoxy) is 4. The molecule has 11 nitrogen and oxygen atoms in total. The van der Waals surface area contributed by atoms with Gasteiger partial charge in [-0.1, -0.05) is 12.1 Å². The number of likely N-dealkylation sites (tertiary alicyclic amines) is 1. The zero-order chi connectivity index (χ0) is 36.2. The standard InChI is InChI=1S/C34H37F3N4O7S2/c1-34(2,3)48-33(42)40-13-12-26(21-6-9-24(35)10-7-21)23(17-40)19-47-30-15-28(37)31(16-27(30)36)50(43,44)41(32-38-20-39-49-32)18-22-8-11-25(45-4)14-29(22)46-5/h6-11,14-16,20,23,26H,12-13,17-19H2,1-5H3/t23-,26-/m1/s1. The predicted molar refractivity (Wildman–Crippen MR) is 180 cm³/mol. The van der Waals surface area contributed by atoms with E-state index in [9.17, 15) is 17.6 Å². The number of rotatable bonds is 11. The molecule has 1 saturated heterocycles. The Morgan fingerprint density at radius 1 is 1.00 bits per heavy atom. The first kappa shape index (κ1) is 36.7. The van der Waals surface area contributed by atoms with Crippen LogP contribution in [0, 0.1) is 23.4 Å². The molecule has 5 rings (SSSR count). The van der Waals surface area contributed by atoms with Gasteiger partial charge < -0.3 is 23.8 Å². The van der Waals surface area contributed by atoms with Crippen molar-refractivity contribution < 1.29 is 45.3 Å². The smallest absolute Gasteiger partial charge is 0.410 e. The molecule has 0 saturated carbocycles. The highest BCUT2D eigenvalue weighted by Gasteiger charge is 2.36. The van der Waals surface area contributed by atoms with Crippen LogP contribution in [0.1, 0.15) is 44.2 Å². The van der Waals surface area contributed by atoms with E-state index in [0.717, 1.165) is 27.7 Å². The molecule has 2 heterocycles. The number of nitrogens with zero attached hydrogens (tertiary/aromatic N) is 4. The highest BCUT2D eigenvalue weighted by molar-refractivity contribution is 7.93. The maximum Gasteiger partial charge on any atom is 0.410 e. The lowest BCUT2D eigenvalue weighted by molar-refractivity contribution is 0.0110. The number of aromatic nitrogens is 2. The third kappa shape index (κ3) is 8.41. The third-order valence-electron chi connectivity index (χ3n) is 8.06. The first-order valence-electron chi connectivity index (χ1n) is 15.6. The van der Waals surface area contributed by atoms with Crippen LogP contribution in [0.3, 0.4) is 0 Å². The minimum Gasteiger partial charge on any atom is -0.497 e. The van der Waals surface area contributed by atoms with Gasteiger partial charge in [-0.15, -0.1) is 0 Å². The van der Waals surface area contributed by atoms with Gasteiger partial charge in [0.2, 0.25) is 5.13 Å². The van der Waals surface area contributed by atoms with E-state index in [1.165, 1.54) is 31.3 Å². The highest BCUT2D eigenvalue weighted by atomic mass is 32.2. The molecule has 1 aromatic heterocycles. The van der Waals surface area contributed by atoms with Crippen molar-refractivity contribution in [1.82, 2.24) is 14.3 Å². The maximum absolute atomic E-state index is 15.7. The first-order chi connectivity index (χ1) is 23.7. The maximum atomic E-state index is 15.7. The Morgan fingerprint density at radius 3 is 2.38 bits per heavy atom. The summed E-state index contributed by atoms with van der Waals surface area (Å²) in [6.45, 7) is 5.26. The molecule has 0 spiro atoms. The van der Waals surface area contributed by atoms with Crippen LogP contribution in [0.25, 0.3) is 0 Å². The molecule has 1 aliphatic rings. The molecule has 1 fully saturated rings. The van der Waals surface area contributed by atoms with Crippen LogP contribution in [0.15, 0.2) is 65.8 Å². The normalized spacial score (nSPS) is 16.5. The summed E-state index contributed by atoms with van der Waals surface area (Å²) in [5.74, 6) is -3.18. The summed E-state index contributed by atoms with van der Waals surface area (Å²) < 4.78 is 99.6. The van der Waals surface area contributed by atoms with Crippen LogP contribution in [0.5, 0.6) is 17.2 Å². The minimum absolute atomic E-state index is 0.0818. The van der Waals surface area contributed by atoms with Crippen LogP contribution < -0.4 is 18.5 Å². The molecule has 1 amide bonds. The number of carbonyl (C=O) groups is 1. The van der Waals surface area contributed by atoms with Gasteiger partial charge in [-0.25, -0.2) is 35.7 Å². The number of halogens is 3. The Hall–Kier alpha value is -4.57. The second-order valence-electron chi connectivity index (χ2n) is 12.6. The number of benzene rings is 3. The molecule has 50 heavy (non-hydrogen) atoms. The van der Waals surface area contributed by atoms with Crippen molar-refractivity contribution in [1.29, 1.82) is 0 Å². The predicted octanol–water partition coefficient (Wildman–Crippen LogP) is 6.79. The minimum atomic E-state index is -4.75. The second kappa shape index (κ2) is 15.1. The van der Waals surface area contributed by atoms with Gasteiger partial charge in [0.1, 0.15) is 40.0 Å². The fourth-order valence-electron chi connectivity index (χ4n) is 5.65. The molecule has 268 valence electrons. The van der Waals surface area contributed by atoms with E-state index >= 15 is 8.78 Å². The van der Waals surface area contributed by atoms with Gasteiger partial charge in [-0.2, -0.15) is 4.37 Å². The van der Waals surface area contributed by atoms with E-state index in [1.54, 1.807) is 51.1 Å². The van der Waals surface area contributed by atoms with Gasteiger partial charge in [0.25, 0.3) is 10.0 Å². The van der Waals surface area contributed by atoms with Gasteiger partial charge in [-0.05, 0) is 62.9 Å². The summed E-state index contributed by atoms with van der Waals surface area (Å²) in [5, 5.41) is -0.0818. The molecule has 0 unspecified atom stereocenters. The number of sulfonamides is 1. The van der Waals surface area contributed by atoms with Crippen molar-refractivity contribution in [3.05, 3.63) is 89.5 Å². The first-order valence-corrected chi connectivity index (χ1v) is 17.8. The molecule has 0 radical (unpaired) electrons. The molecule has 2 atom stereocenters. The summed E-state index contributed by atoms with van der Waals surface area (Å²) >= 11 is 0.756. The summed E-state index contributed by atoms with van der Waals surface area (Å²) in [4.78, 5) is 17.5. The molecule has 1 aliphatic heterocycles. The SMILES string of the molecule is COc1ccc(CN(c2ncns2)S(=O)(=O)c2cc(F)c(OC[C@H]3CN(C(=O)OC(C)(C)C)CC[C@@H]3c3ccc(F)cc3)cc2F)c(OC)c1. The average Bonchev–Trinajstić information content (AvgIpc) is 3.61. The number of carbonyl (C=O) groups excluding carboxylic acids is 1. The monoisotopic (exact) mass is 734 g/mol. The summed E-state index contributed by atoms with van der Waals surface area (Å²) in [7, 11) is -1.88. The summed E-state index contributed by atoms with van der Waals surface area (Å²) in [5.41, 5.74) is 0.463. The summed E-state index contributed by atoms with van der Waals surface area (Å²) in [6.07, 6.45) is 1.10. The third-order valence-corrected chi connectivity index (χ3v) is 10.6. The fraction of sp³-hybridized carbons (Fsp3) is 0.382. The number of piperidine rings is 1. The Morgan fingerprint density at radius 2 is 1.74 bits per heavy atom. The van der Waals surface area contributed by atoms with Crippen molar-refractivity contribution >= 4 is 32.8 Å². The average molecular weight is 735 g/mol. The molecule has 0 aliphatic carbocycles. The molecular weight excluding hydrogens is 698 g/mol. The Kier molecular flexibility index (Phi) is 11.1. The van der Waals surface area contributed by atoms with Gasteiger partial charge in [0, 0.05) is 54.3 Å². The van der Waals surface area contributed by atoms with E-state index in [2.05, 4.69) is 9.36 Å². The molecule has 3 aromatic carbocycles. The zero-order valence-electron chi connectivity index (χ0n) is 28.1. The largest absolute Gasteiger partial charge is 0.497 e. The topological polar surface area (TPSA) is 120 Å². The van der Waals surface area contributed by atoms with Crippen molar-refractivity contribution in [2.24, 2.45) is 5.92 Å². The van der Waals surface area contributed by atoms with Gasteiger partial charge in [0.05, 0.1) is 27.4 Å². The van der Waals surface area contributed by atoms with Gasteiger partial charge >= 0.3 is 6.09 Å². The number of anilines is 1. The Bertz CT molecular complexity index is 1910. The lowest BCUT2D eigenvalue weighted by Gasteiger charge is -2.39. The van der Waals surface area contributed by atoms with Crippen LogP contribution in [-0.2, 0) is 21.3 Å². The van der Waals surface area contributed by atoms with Crippen LogP contribution >= 0.6 is 11.5 Å². The van der Waals surface area contributed by atoms with Crippen LogP contribution in [-0.4, -0.2) is 68.3 Å². The zero-order valence-corrected chi connectivity index (χ0v) is 29.7. The fourth-order valence-corrected chi connectivity index (χ4v) is 7.84. The number of hydrogen-bond donors (Lipinski definition) is 0. The van der Waals surface area contributed by atoms with Crippen molar-refractivity contribution in [2.45, 2.75) is 50.2 Å². The van der Waals surface area contributed by atoms with E-state index in [4.69, 9.17) is 18.9 Å². The lowest BCUT2D eigenvalue weighted by Crippen LogP contribution is -2.46.